The Morgan fingerprint density at radius 3 is 2.44 bits per heavy atom. The number of hydrogen-bond donors (Lipinski definition) is 1. The molecular formula is C36H44N2O. The molecular weight excluding hydrogens is 476 g/mol. The Hall–Kier alpha value is -3.46. The van der Waals surface area contributed by atoms with Crippen molar-refractivity contribution < 1.29 is 4.79 Å². The lowest BCUT2D eigenvalue weighted by atomic mass is 9.79. The maximum absolute atomic E-state index is 13.2. The molecule has 0 heterocycles. The van der Waals surface area contributed by atoms with Crippen molar-refractivity contribution in [3.05, 3.63) is 105 Å². The fraction of sp³-hybridized carbons (Fsp3) is 0.389. The molecule has 0 fully saturated rings. The second kappa shape index (κ2) is 13.6. The summed E-state index contributed by atoms with van der Waals surface area (Å²) in [5, 5.41) is 2.67. The number of carbonyl (C=O) groups is 1. The van der Waals surface area contributed by atoms with Crippen LogP contribution in [0.4, 0.5) is 0 Å². The smallest absolute Gasteiger partial charge is 0.159 e. The van der Waals surface area contributed by atoms with Crippen molar-refractivity contribution in [2.75, 3.05) is 6.54 Å². The van der Waals surface area contributed by atoms with E-state index in [0.717, 1.165) is 37.7 Å². The summed E-state index contributed by atoms with van der Waals surface area (Å²) in [6, 6.07) is 14.2. The van der Waals surface area contributed by atoms with Crippen LogP contribution in [0.15, 0.2) is 76.8 Å². The van der Waals surface area contributed by atoms with Crippen molar-refractivity contribution in [1.82, 2.24) is 0 Å². The van der Waals surface area contributed by atoms with E-state index in [1.54, 1.807) is 0 Å². The van der Waals surface area contributed by atoms with Crippen molar-refractivity contribution in [2.24, 2.45) is 10.7 Å². The van der Waals surface area contributed by atoms with E-state index in [1.807, 2.05) is 12.2 Å². The SMILES string of the molecule is CCC(CC)=c1ccc2c(c1)Cc1cc(C(CC)CC)ccc1C=2C1=CC=CC=C(C(=O)CCCN=CN)C1. The highest BCUT2D eigenvalue weighted by molar-refractivity contribution is 5.97. The van der Waals surface area contributed by atoms with Gasteiger partial charge in [-0.15, -0.1) is 0 Å². The van der Waals surface area contributed by atoms with E-state index in [2.05, 4.69) is 81.2 Å². The molecule has 0 amide bonds. The minimum Gasteiger partial charge on any atom is -0.390 e. The highest BCUT2D eigenvalue weighted by Crippen LogP contribution is 2.36. The third kappa shape index (κ3) is 6.41. The monoisotopic (exact) mass is 520 g/mol. The summed E-state index contributed by atoms with van der Waals surface area (Å²) < 4.78 is 0. The number of rotatable bonds is 11. The van der Waals surface area contributed by atoms with Gasteiger partial charge in [-0.2, -0.15) is 0 Å². The maximum Gasteiger partial charge on any atom is 0.159 e. The molecule has 0 aromatic heterocycles. The van der Waals surface area contributed by atoms with Gasteiger partial charge in [0.2, 0.25) is 0 Å². The first-order valence-corrected chi connectivity index (χ1v) is 14.8. The lowest BCUT2D eigenvalue weighted by molar-refractivity contribution is -0.115. The van der Waals surface area contributed by atoms with Gasteiger partial charge in [-0.1, -0.05) is 94.0 Å². The van der Waals surface area contributed by atoms with Gasteiger partial charge < -0.3 is 5.73 Å². The van der Waals surface area contributed by atoms with Crippen LogP contribution >= 0.6 is 0 Å². The van der Waals surface area contributed by atoms with Crippen LogP contribution in [0.1, 0.15) is 101 Å². The summed E-state index contributed by atoms with van der Waals surface area (Å²) in [6.07, 6.45) is 16.8. The molecule has 0 atom stereocenters. The van der Waals surface area contributed by atoms with Crippen LogP contribution in [0.3, 0.4) is 0 Å². The molecule has 0 bridgehead atoms. The van der Waals surface area contributed by atoms with E-state index >= 15 is 0 Å². The molecule has 2 aliphatic carbocycles. The number of Topliss-reactive ketones (excluding diaryl/α,β-unsaturated/α-hetero) is 1. The Labute approximate surface area is 234 Å². The van der Waals surface area contributed by atoms with E-state index in [-0.39, 0.29) is 5.78 Å². The first-order valence-electron chi connectivity index (χ1n) is 14.8. The van der Waals surface area contributed by atoms with Crippen LogP contribution in [0, 0.1) is 0 Å². The second-order valence-electron chi connectivity index (χ2n) is 10.7. The number of fused-ring (bicyclic) bond motifs is 2. The average Bonchev–Trinajstić information content (AvgIpc) is 3.21. The largest absolute Gasteiger partial charge is 0.390 e. The lowest BCUT2D eigenvalue weighted by Gasteiger charge is -2.25. The van der Waals surface area contributed by atoms with E-state index in [4.69, 9.17) is 5.73 Å². The Morgan fingerprint density at radius 2 is 1.72 bits per heavy atom. The normalized spacial score (nSPS) is 14.6. The highest BCUT2D eigenvalue weighted by Gasteiger charge is 2.23. The van der Waals surface area contributed by atoms with Crippen LogP contribution in [0.5, 0.6) is 0 Å². The van der Waals surface area contributed by atoms with Crippen molar-refractivity contribution in [3.63, 3.8) is 0 Å². The molecule has 0 saturated carbocycles. The van der Waals surface area contributed by atoms with Crippen molar-refractivity contribution in [2.45, 2.75) is 85.0 Å². The Kier molecular flexibility index (Phi) is 9.92. The number of hydrogen-bond acceptors (Lipinski definition) is 2. The van der Waals surface area contributed by atoms with E-state index in [9.17, 15) is 4.79 Å². The first kappa shape index (κ1) is 28.5. The molecule has 4 rings (SSSR count). The topological polar surface area (TPSA) is 55.5 Å². The summed E-state index contributed by atoms with van der Waals surface area (Å²) in [5.41, 5.74) is 15.8. The predicted molar refractivity (Wildman–Crippen MR) is 166 cm³/mol. The number of ketones is 1. The Balaban J connectivity index is 1.84. The molecule has 3 nitrogen and oxygen atoms in total. The molecule has 204 valence electrons. The van der Waals surface area contributed by atoms with Gasteiger partial charge in [0.05, 0.1) is 6.34 Å². The zero-order valence-electron chi connectivity index (χ0n) is 24.2. The average molecular weight is 521 g/mol. The van der Waals surface area contributed by atoms with Gasteiger partial charge in [0.25, 0.3) is 0 Å². The van der Waals surface area contributed by atoms with Gasteiger partial charge in [-0.3, -0.25) is 9.79 Å². The zero-order chi connectivity index (χ0) is 27.8. The first-order chi connectivity index (χ1) is 19.0. The van der Waals surface area contributed by atoms with E-state index in [1.165, 1.54) is 55.7 Å². The summed E-state index contributed by atoms with van der Waals surface area (Å²) in [4.78, 5) is 17.2. The van der Waals surface area contributed by atoms with E-state index in [0.29, 0.717) is 31.7 Å². The van der Waals surface area contributed by atoms with Crippen LogP contribution < -0.4 is 16.2 Å². The third-order valence-corrected chi connectivity index (χ3v) is 8.44. The third-order valence-electron chi connectivity index (χ3n) is 8.44. The van der Waals surface area contributed by atoms with Crippen LogP contribution in [0.2, 0.25) is 0 Å². The number of nitrogens with zero attached hydrogens (tertiary/aromatic N) is 1. The molecule has 2 N–H and O–H groups in total. The molecule has 0 unspecified atom stereocenters. The molecule has 2 aromatic rings. The number of aliphatic imine (C=N–C) groups is 1. The van der Waals surface area contributed by atoms with Gasteiger partial charge in [-0.25, -0.2) is 0 Å². The number of benzene rings is 2. The Bertz CT molecular complexity index is 1440. The molecule has 2 aromatic carbocycles. The molecule has 39 heavy (non-hydrogen) atoms. The lowest BCUT2D eigenvalue weighted by Crippen LogP contribution is -2.25. The summed E-state index contributed by atoms with van der Waals surface area (Å²) in [6.45, 7) is 9.67. The number of nitrogens with two attached hydrogens (primary N) is 1. The van der Waals surface area contributed by atoms with Gasteiger partial charge in [0.1, 0.15) is 0 Å². The molecule has 3 heteroatoms. The summed E-state index contributed by atoms with van der Waals surface area (Å²) in [7, 11) is 0. The number of allylic oxidation sites excluding steroid dienone is 6. The standard InChI is InChI=1S/C36H44N2O/c1-5-25(6-2)27-15-17-33-31(20-27)23-32-21-28(26(7-3)8-4)16-18-34(32)36(33)30-13-10-9-12-29(22-30)35(39)14-11-19-38-24-37/h9-10,12-13,15-18,20-21,24-25H,5-8,11,14,19,22-23H2,1-4H3,(H2,37,38). The fourth-order valence-corrected chi connectivity index (χ4v) is 6.17. The highest BCUT2D eigenvalue weighted by atomic mass is 16.1. The van der Waals surface area contributed by atoms with Crippen LogP contribution in [0.25, 0.3) is 11.1 Å². The maximum atomic E-state index is 13.2. The fourth-order valence-electron chi connectivity index (χ4n) is 6.17. The van der Waals surface area contributed by atoms with Crippen LogP contribution in [-0.4, -0.2) is 18.7 Å². The quantitative estimate of drug-likeness (QED) is 0.201. The van der Waals surface area contributed by atoms with Gasteiger partial charge in [-0.05, 0) is 93.9 Å². The minimum absolute atomic E-state index is 0.195. The van der Waals surface area contributed by atoms with Crippen molar-refractivity contribution in [1.29, 1.82) is 0 Å². The van der Waals surface area contributed by atoms with Crippen molar-refractivity contribution >= 4 is 23.3 Å². The molecule has 2 aliphatic rings. The summed E-state index contributed by atoms with van der Waals surface area (Å²) in [5.74, 6) is 0.781. The molecule has 0 radical (unpaired) electrons. The van der Waals surface area contributed by atoms with Gasteiger partial charge >= 0.3 is 0 Å². The summed E-state index contributed by atoms with van der Waals surface area (Å²) >= 11 is 0. The zero-order valence-corrected chi connectivity index (χ0v) is 24.2. The predicted octanol–water partition coefficient (Wildman–Crippen LogP) is 6.81. The van der Waals surface area contributed by atoms with Crippen molar-refractivity contribution in [3.8, 4) is 0 Å². The van der Waals surface area contributed by atoms with Crippen LogP contribution in [-0.2, 0) is 11.2 Å². The molecule has 0 aliphatic heterocycles. The Morgan fingerprint density at radius 1 is 0.949 bits per heavy atom. The second-order valence-corrected chi connectivity index (χ2v) is 10.7. The number of carbonyl (C=O) groups excluding carboxylic acids is 1. The molecule has 0 spiro atoms. The van der Waals surface area contributed by atoms with Gasteiger partial charge in [0.15, 0.2) is 5.78 Å². The van der Waals surface area contributed by atoms with Gasteiger partial charge in [0, 0.05) is 19.4 Å². The van der Waals surface area contributed by atoms with E-state index < -0.39 is 0 Å². The minimum atomic E-state index is 0.195. The molecule has 0 saturated heterocycles.